The lowest BCUT2D eigenvalue weighted by Crippen LogP contribution is -2.22. The third-order valence-corrected chi connectivity index (χ3v) is 4.82. The molecule has 5 nitrogen and oxygen atoms in total. The molecular formula is C21H14N2O3S. The second-order valence-corrected chi connectivity index (χ2v) is 6.65. The number of aromatic carboxylic acids is 1. The van der Waals surface area contributed by atoms with Crippen LogP contribution in [0.1, 0.15) is 21.7 Å². The predicted molar refractivity (Wildman–Crippen MR) is 108 cm³/mol. The van der Waals surface area contributed by atoms with Gasteiger partial charge in [-0.1, -0.05) is 24.3 Å². The fraction of sp³-hybridized carbons (Fsp3) is 0. The average molecular weight is 374 g/mol. The van der Waals surface area contributed by atoms with Crippen LogP contribution in [-0.4, -0.2) is 20.6 Å². The number of carbonyl (C=O) groups is 1. The van der Waals surface area contributed by atoms with Crippen molar-refractivity contribution in [3.63, 3.8) is 0 Å². The number of benzene rings is 2. The third-order valence-electron chi connectivity index (χ3n) is 4.12. The van der Waals surface area contributed by atoms with Crippen LogP contribution in [0.15, 0.2) is 70.2 Å². The van der Waals surface area contributed by atoms with Gasteiger partial charge in [0, 0.05) is 0 Å². The van der Waals surface area contributed by atoms with E-state index in [1.54, 1.807) is 47.7 Å². The number of carboxylic acid groups (broad SMARTS) is 1. The highest BCUT2D eigenvalue weighted by molar-refractivity contribution is 7.08. The number of hydrogen-bond donors (Lipinski definition) is 1. The van der Waals surface area contributed by atoms with Crippen LogP contribution in [0.5, 0.6) is 0 Å². The smallest absolute Gasteiger partial charge is 0.335 e. The number of para-hydroxylation sites is 1. The zero-order valence-electron chi connectivity index (χ0n) is 14.1. The lowest BCUT2D eigenvalue weighted by Gasteiger charge is -2.12. The SMILES string of the molecule is O=C(O)c1cccc(-n2c(/C=C/c3ccsc3)nc3ccccc3c2=O)c1. The molecule has 132 valence electrons. The number of thiophene rings is 1. The van der Waals surface area contributed by atoms with E-state index in [1.807, 2.05) is 29.0 Å². The summed E-state index contributed by atoms with van der Waals surface area (Å²) in [5.41, 5.74) is 1.93. The van der Waals surface area contributed by atoms with Crippen LogP contribution in [0.3, 0.4) is 0 Å². The molecule has 0 fully saturated rings. The summed E-state index contributed by atoms with van der Waals surface area (Å²) in [5.74, 6) is -0.610. The molecule has 0 aliphatic rings. The van der Waals surface area contributed by atoms with E-state index < -0.39 is 5.97 Å². The molecule has 0 aliphatic heterocycles. The Labute approximate surface area is 158 Å². The topological polar surface area (TPSA) is 72.2 Å². The number of aromatic nitrogens is 2. The Morgan fingerprint density at radius 1 is 1.07 bits per heavy atom. The molecule has 0 saturated heterocycles. The van der Waals surface area contributed by atoms with E-state index in [1.165, 1.54) is 16.7 Å². The third kappa shape index (κ3) is 3.30. The highest BCUT2D eigenvalue weighted by Crippen LogP contribution is 2.17. The first kappa shape index (κ1) is 16.9. The monoisotopic (exact) mass is 374 g/mol. The Hall–Kier alpha value is -3.51. The molecule has 4 rings (SSSR count). The van der Waals surface area contributed by atoms with Crippen LogP contribution in [0.25, 0.3) is 28.7 Å². The molecule has 0 saturated carbocycles. The molecule has 0 spiro atoms. The predicted octanol–water partition coefficient (Wildman–Crippen LogP) is 4.32. The first-order chi connectivity index (χ1) is 13.1. The maximum Gasteiger partial charge on any atom is 0.335 e. The van der Waals surface area contributed by atoms with Gasteiger partial charge in [-0.05, 0) is 58.8 Å². The minimum atomic E-state index is -1.05. The highest BCUT2D eigenvalue weighted by atomic mass is 32.1. The van der Waals surface area contributed by atoms with Crippen LogP contribution in [-0.2, 0) is 0 Å². The van der Waals surface area contributed by atoms with Crippen molar-refractivity contribution in [3.05, 3.63) is 92.7 Å². The lowest BCUT2D eigenvalue weighted by atomic mass is 10.2. The summed E-state index contributed by atoms with van der Waals surface area (Å²) in [6.07, 6.45) is 3.65. The molecule has 0 aliphatic carbocycles. The summed E-state index contributed by atoms with van der Waals surface area (Å²) in [5, 5.41) is 13.7. The molecule has 6 heteroatoms. The maximum absolute atomic E-state index is 13.1. The van der Waals surface area contributed by atoms with Gasteiger partial charge in [-0.15, -0.1) is 0 Å². The van der Waals surface area contributed by atoms with Gasteiger partial charge in [0.05, 0.1) is 22.2 Å². The van der Waals surface area contributed by atoms with Crippen LogP contribution >= 0.6 is 11.3 Å². The number of hydrogen-bond acceptors (Lipinski definition) is 4. The molecule has 0 amide bonds. The van der Waals surface area contributed by atoms with E-state index >= 15 is 0 Å². The molecule has 0 unspecified atom stereocenters. The maximum atomic E-state index is 13.1. The van der Waals surface area contributed by atoms with Crippen molar-refractivity contribution in [1.29, 1.82) is 0 Å². The van der Waals surface area contributed by atoms with Gasteiger partial charge in [-0.25, -0.2) is 9.78 Å². The van der Waals surface area contributed by atoms with Crippen molar-refractivity contribution in [2.24, 2.45) is 0 Å². The largest absolute Gasteiger partial charge is 0.478 e. The first-order valence-electron chi connectivity index (χ1n) is 8.19. The zero-order valence-corrected chi connectivity index (χ0v) is 14.9. The lowest BCUT2D eigenvalue weighted by molar-refractivity contribution is 0.0697. The van der Waals surface area contributed by atoms with Crippen molar-refractivity contribution < 1.29 is 9.90 Å². The van der Waals surface area contributed by atoms with E-state index in [0.717, 1.165) is 5.56 Å². The van der Waals surface area contributed by atoms with Gasteiger partial charge in [0.1, 0.15) is 5.82 Å². The molecule has 0 radical (unpaired) electrons. The van der Waals surface area contributed by atoms with E-state index in [2.05, 4.69) is 4.98 Å². The summed E-state index contributed by atoms with van der Waals surface area (Å²) in [6, 6.07) is 15.4. The van der Waals surface area contributed by atoms with Gasteiger partial charge in [0.15, 0.2) is 0 Å². The average Bonchev–Trinajstić information content (AvgIpc) is 3.20. The van der Waals surface area contributed by atoms with E-state index in [-0.39, 0.29) is 11.1 Å². The second kappa shape index (κ2) is 7.01. The first-order valence-corrected chi connectivity index (χ1v) is 9.13. The van der Waals surface area contributed by atoms with Gasteiger partial charge in [-0.2, -0.15) is 11.3 Å². The molecule has 1 N–H and O–H groups in total. The van der Waals surface area contributed by atoms with Gasteiger partial charge < -0.3 is 5.11 Å². The normalized spacial score (nSPS) is 11.3. The van der Waals surface area contributed by atoms with Crippen LogP contribution < -0.4 is 5.56 Å². The summed E-state index contributed by atoms with van der Waals surface area (Å²) < 4.78 is 1.44. The number of rotatable bonds is 4. The molecule has 27 heavy (non-hydrogen) atoms. The Balaban J connectivity index is 1.98. The molecule has 0 bridgehead atoms. The molecule has 2 aromatic carbocycles. The van der Waals surface area contributed by atoms with E-state index in [9.17, 15) is 14.7 Å². The number of nitrogens with zero attached hydrogens (tertiary/aromatic N) is 2. The van der Waals surface area contributed by atoms with Crippen molar-refractivity contribution in [2.75, 3.05) is 0 Å². The van der Waals surface area contributed by atoms with Crippen LogP contribution in [0, 0.1) is 0 Å². The molecular weight excluding hydrogens is 360 g/mol. The van der Waals surface area contributed by atoms with Gasteiger partial charge in [0.2, 0.25) is 0 Å². The van der Waals surface area contributed by atoms with E-state index in [4.69, 9.17) is 0 Å². The number of carboxylic acids is 1. The minimum absolute atomic E-state index is 0.111. The Kier molecular flexibility index (Phi) is 4.40. The fourth-order valence-electron chi connectivity index (χ4n) is 2.83. The van der Waals surface area contributed by atoms with Crippen molar-refractivity contribution >= 4 is 40.4 Å². The van der Waals surface area contributed by atoms with Crippen LogP contribution in [0.4, 0.5) is 0 Å². The zero-order chi connectivity index (χ0) is 18.8. The number of fused-ring (bicyclic) bond motifs is 1. The van der Waals surface area contributed by atoms with Gasteiger partial charge in [0.25, 0.3) is 5.56 Å². The van der Waals surface area contributed by atoms with Crippen molar-refractivity contribution in [3.8, 4) is 5.69 Å². The van der Waals surface area contributed by atoms with Crippen molar-refractivity contribution in [2.45, 2.75) is 0 Å². The second-order valence-electron chi connectivity index (χ2n) is 5.87. The minimum Gasteiger partial charge on any atom is -0.478 e. The Morgan fingerprint density at radius 3 is 2.70 bits per heavy atom. The standard InChI is InChI=1S/C21H14N2O3S/c24-20-17-6-1-2-7-18(17)22-19(9-8-14-10-11-27-13-14)23(20)16-5-3-4-15(12-16)21(25)26/h1-13H,(H,25,26)/b9-8+. The molecule has 0 atom stereocenters. The molecule has 2 aromatic heterocycles. The summed E-state index contributed by atoms with van der Waals surface area (Å²) in [4.78, 5) is 29.1. The summed E-state index contributed by atoms with van der Waals surface area (Å²) in [7, 11) is 0. The van der Waals surface area contributed by atoms with Gasteiger partial charge in [-0.3, -0.25) is 9.36 Å². The summed E-state index contributed by atoms with van der Waals surface area (Å²) in [6.45, 7) is 0. The van der Waals surface area contributed by atoms with Crippen LogP contribution in [0.2, 0.25) is 0 Å². The molecule has 4 aromatic rings. The van der Waals surface area contributed by atoms with E-state index in [0.29, 0.717) is 22.4 Å². The highest BCUT2D eigenvalue weighted by Gasteiger charge is 2.12. The summed E-state index contributed by atoms with van der Waals surface area (Å²) >= 11 is 1.58. The van der Waals surface area contributed by atoms with Gasteiger partial charge >= 0.3 is 5.97 Å². The fourth-order valence-corrected chi connectivity index (χ4v) is 3.46. The molecule has 2 heterocycles. The Morgan fingerprint density at radius 2 is 1.93 bits per heavy atom. The quantitative estimate of drug-likeness (QED) is 0.578. The van der Waals surface area contributed by atoms with Crippen molar-refractivity contribution in [1.82, 2.24) is 9.55 Å². The Bertz CT molecular complexity index is 1220.